The van der Waals surface area contributed by atoms with Crippen LogP contribution < -0.4 is 4.90 Å². The van der Waals surface area contributed by atoms with E-state index in [0.29, 0.717) is 0 Å². The van der Waals surface area contributed by atoms with Crippen molar-refractivity contribution < 1.29 is 0 Å². The van der Waals surface area contributed by atoms with Gasteiger partial charge in [0.1, 0.15) is 5.82 Å². The molecule has 4 heterocycles. The molecule has 3 aromatic heterocycles. The minimum Gasteiger partial charge on any atom is -0.358 e. The molecule has 1 saturated heterocycles. The molecule has 0 amide bonds. The summed E-state index contributed by atoms with van der Waals surface area (Å²) >= 11 is 0. The van der Waals surface area contributed by atoms with Gasteiger partial charge in [0.15, 0.2) is 0 Å². The number of hydrogen-bond acceptors (Lipinski definition) is 4. The highest BCUT2D eigenvalue weighted by Crippen LogP contribution is 2.36. The summed E-state index contributed by atoms with van der Waals surface area (Å²) in [4.78, 5) is 17.3. The van der Waals surface area contributed by atoms with E-state index in [1.165, 1.54) is 27.7 Å². The Hall–Kier alpha value is -3.18. The molecule has 0 radical (unpaired) electrons. The number of nitrogens with zero attached hydrogens (tertiary/aromatic N) is 4. The van der Waals surface area contributed by atoms with Crippen molar-refractivity contribution >= 4 is 16.7 Å². The van der Waals surface area contributed by atoms with Crippen LogP contribution in [-0.2, 0) is 0 Å². The van der Waals surface area contributed by atoms with Crippen molar-refractivity contribution in [2.75, 3.05) is 31.1 Å². The molecule has 1 atom stereocenters. The SMILES string of the molecule is Cc1[nH]c2ccccc2c1[C@H](c1ccncc1)N1CCN(c2ccccn2)CC1. The molecule has 1 fully saturated rings. The topological polar surface area (TPSA) is 48.1 Å². The first-order valence-corrected chi connectivity index (χ1v) is 10.2. The molecule has 1 N–H and O–H groups in total. The number of nitrogens with one attached hydrogen (secondary N) is 1. The Labute approximate surface area is 171 Å². The first-order chi connectivity index (χ1) is 14.3. The largest absolute Gasteiger partial charge is 0.358 e. The van der Waals surface area contributed by atoms with Gasteiger partial charge in [0, 0.05) is 66.9 Å². The number of anilines is 1. The van der Waals surface area contributed by atoms with Gasteiger partial charge >= 0.3 is 0 Å². The van der Waals surface area contributed by atoms with Crippen LogP contribution in [0.25, 0.3) is 10.9 Å². The average molecular weight is 383 g/mol. The van der Waals surface area contributed by atoms with E-state index in [4.69, 9.17) is 0 Å². The predicted octanol–water partition coefficient (Wildman–Crippen LogP) is 4.18. The zero-order valence-corrected chi connectivity index (χ0v) is 16.6. The number of para-hydroxylation sites is 1. The van der Waals surface area contributed by atoms with E-state index in [1.54, 1.807) is 0 Å². The maximum atomic E-state index is 4.53. The highest BCUT2D eigenvalue weighted by molar-refractivity contribution is 5.85. The lowest BCUT2D eigenvalue weighted by atomic mass is 9.94. The van der Waals surface area contributed by atoms with Crippen LogP contribution in [0.1, 0.15) is 22.9 Å². The zero-order chi connectivity index (χ0) is 19.6. The van der Waals surface area contributed by atoms with Gasteiger partial charge in [0.05, 0.1) is 6.04 Å². The Morgan fingerprint density at radius 1 is 0.862 bits per heavy atom. The maximum absolute atomic E-state index is 4.53. The number of aryl methyl sites for hydroxylation is 1. The van der Waals surface area contributed by atoms with E-state index in [1.807, 2.05) is 24.7 Å². The fourth-order valence-electron chi connectivity index (χ4n) is 4.51. The normalized spacial score (nSPS) is 16.2. The van der Waals surface area contributed by atoms with Crippen LogP contribution in [0.15, 0.2) is 73.2 Å². The number of piperazine rings is 1. The van der Waals surface area contributed by atoms with Gasteiger partial charge in [0.2, 0.25) is 0 Å². The number of H-pyrrole nitrogens is 1. The molecule has 146 valence electrons. The van der Waals surface area contributed by atoms with Gasteiger partial charge in [-0.2, -0.15) is 0 Å². The molecule has 0 unspecified atom stereocenters. The van der Waals surface area contributed by atoms with Gasteiger partial charge in [-0.3, -0.25) is 9.88 Å². The lowest BCUT2D eigenvalue weighted by Gasteiger charge is -2.40. The molecule has 0 saturated carbocycles. The molecule has 1 aliphatic heterocycles. The van der Waals surface area contributed by atoms with Crippen molar-refractivity contribution in [2.45, 2.75) is 13.0 Å². The van der Waals surface area contributed by atoms with Crippen LogP contribution in [-0.4, -0.2) is 46.0 Å². The van der Waals surface area contributed by atoms with Gasteiger partial charge in [0.25, 0.3) is 0 Å². The Morgan fingerprint density at radius 3 is 2.38 bits per heavy atom. The summed E-state index contributed by atoms with van der Waals surface area (Å²) in [6.07, 6.45) is 5.67. The van der Waals surface area contributed by atoms with Crippen LogP contribution in [0.5, 0.6) is 0 Å². The summed E-state index contributed by atoms with van der Waals surface area (Å²) in [5, 5.41) is 1.30. The Bertz CT molecular complexity index is 1080. The highest BCUT2D eigenvalue weighted by atomic mass is 15.3. The number of fused-ring (bicyclic) bond motifs is 1. The molecular formula is C24H25N5. The molecule has 0 bridgehead atoms. The van der Waals surface area contributed by atoms with E-state index >= 15 is 0 Å². The van der Waals surface area contributed by atoms with Crippen LogP contribution in [0, 0.1) is 6.92 Å². The van der Waals surface area contributed by atoms with Crippen molar-refractivity contribution in [1.82, 2.24) is 19.9 Å². The van der Waals surface area contributed by atoms with Crippen LogP contribution in [0.3, 0.4) is 0 Å². The number of pyridine rings is 2. The summed E-state index contributed by atoms with van der Waals surface area (Å²) in [7, 11) is 0. The van der Waals surface area contributed by atoms with E-state index in [0.717, 1.165) is 32.0 Å². The summed E-state index contributed by atoms with van der Waals surface area (Å²) in [5.41, 5.74) is 5.10. The van der Waals surface area contributed by atoms with E-state index < -0.39 is 0 Å². The summed E-state index contributed by atoms with van der Waals surface area (Å²) < 4.78 is 0. The second kappa shape index (κ2) is 7.68. The summed E-state index contributed by atoms with van der Waals surface area (Å²) in [5.74, 6) is 1.07. The standard InChI is InChI=1S/C24H25N5/c1-18-23(20-6-2-3-7-21(20)27-18)24(19-9-12-25-13-10-19)29-16-14-28(15-17-29)22-8-4-5-11-26-22/h2-13,24,27H,14-17H2,1H3/t24-/m0/s1. The van der Waals surface area contributed by atoms with Crippen molar-refractivity contribution in [3.05, 3.63) is 90.0 Å². The Balaban J connectivity index is 1.50. The van der Waals surface area contributed by atoms with E-state index in [9.17, 15) is 0 Å². The summed E-state index contributed by atoms with van der Waals surface area (Å²) in [6, 6.07) is 19.2. The smallest absolute Gasteiger partial charge is 0.128 e. The Morgan fingerprint density at radius 2 is 1.62 bits per heavy atom. The van der Waals surface area contributed by atoms with Crippen molar-refractivity contribution in [3.63, 3.8) is 0 Å². The fourth-order valence-corrected chi connectivity index (χ4v) is 4.51. The molecule has 5 rings (SSSR count). The number of aromatic amines is 1. The number of aromatic nitrogens is 3. The minimum absolute atomic E-state index is 0.208. The highest BCUT2D eigenvalue weighted by Gasteiger charge is 2.29. The lowest BCUT2D eigenvalue weighted by molar-refractivity contribution is 0.212. The number of rotatable bonds is 4. The van der Waals surface area contributed by atoms with Crippen LogP contribution >= 0.6 is 0 Å². The third kappa shape index (κ3) is 3.38. The van der Waals surface area contributed by atoms with Crippen LogP contribution in [0.4, 0.5) is 5.82 Å². The van der Waals surface area contributed by atoms with Gasteiger partial charge < -0.3 is 9.88 Å². The van der Waals surface area contributed by atoms with Crippen molar-refractivity contribution in [3.8, 4) is 0 Å². The minimum atomic E-state index is 0.208. The molecule has 1 aliphatic rings. The molecule has 4 aromatic rings. The first kappa shape index (κ1) is 17.9. The van der Waals surface area contributed by atoms with Gasteiger partial charge in [-0.05, 0) is 42.8 Å². The second-order valence-corrected chi connectivity index (χ2v) is 7.60. The average Bonchev–Trinajstić information content (AvgIpc) is 3.12. The lowest BCUT2D eigenvalue weighted by Crippen LogP contribution is -2.48. The van der Waals surface area contributed by atoms with Gasteiger partial charge in [-0.25, -0.2) is 4.98 Å². The maximum Gasteiger partial charge on any atom is 0.128 e. The number of hydrogen-bond donors (Lipinski definition) is 1. The molecule has 0 spiro atoms. The van der Waals surface area contributed by atoms with Crippen molar-refractivity contribution in [1.29, 1.82) is 0 Å². The Kier molecular flexibility index (Phi) is 4.74. The third-order valence-corrected chi connectivity index (χ3v) is 5.89. The van der Waals surface area contributed by atoms with Gasteiger partial charge in [-0.1, -0.05) is 24.3 Å². The molecule has 29 heavy (non-hydrogen) atoms. The molecule has 5 heteroatoms. The third-order valence-electron chi connectivity index (χ3n) is 5.89. The molecule has 1 aromatic carbocycles. The predicted molar refractivity (Wildman–Crippen MR) is 117 cm³/mol. The first-order valence-electron chi connectivity index (χ1n) is 10.2. The molecule has 0 aliphatic carbocycles. The van der Waals surface area contributed by atoms with Crippen molar-refractivity contribution in [2.24, 2.45) is 0 Å². The quantitative estimate of drug-likeness (QED) is 0.574. The molecule has 5 nitrogen and oxygen atoms in total. The fraction of sp³-hybridized carbons (Fsp3) is 0.250. The summed E-state index contributed by atoms with van der Waals surface area (Å²) in [6.45, 7) is 6.11. The molecular weight excluding hydrogens is 358 g/mol. The number of benzene rings is 1. The van der Waals surface area contributed by atoms with Crippen LogP contribution in [0.2, 0.25) is 0 Å². The van der Waals surface area contributed by atoms with E-state index in [2.05, 4.69) is 80.2 Å². The van der Waals surface area contributed by atoms with E-state index in [-0.39, 0.29) is 6.04 Å². The zero-order valence-electron chi connectivity index (χ0n) is 16.6. The second-order valence-electron chi connectivity index (χ2n) is 7.60. The monoisotopic (exact) mass is 383 g/mol. The van der Waals surface area contributed by atoms with Gasteiger partial charge in [-0.15, -0.1) is 0 Å².